The Morgan fingerprint density at radius 1 is 1.12 bits per heavy atom. The second kappa shape index (κ2) is 4.74. The molecule has 0 saturated heterocycles. The Labute approximate surface area is 99.9 Å². The first-order valence-corrected chi connectivity index (χ1v) is 5.26. The Morgan fingerprint density at radius 3 is 2.35 bits per heavy atom. The van der Waals surface area contributed by atoms with Crippen LogP contribution < -0.4 is 0 Å². The Kier molecular flexibility index (Phi) is 3.14. The van der Waals surface area contributed by atoms with E-state index in [4.69, 9.17) is 0 Å². The van der Waals surface area contributed by atoms with Crippen LogP contribution in [0, 0.1) is 0 Å². The van der Waals surface area contributed by atoms with Crippen molar-refractivity contribution in [1.29, 1.82) is 0 Å². The predicted molar refractivity (Wildman–Crippen MR) is 65.5 cm³/mol. The summed E-state index contributed by atoms with van der Waals surface area (Å²) in [6, 6.07) is 7.39. The molecule has 0 fully saturated rings. The highest BCUT2D eigenvalue weighted by Gasteiger charge is 2.08. The average molecular weight is 227 g/mol. The fraction of sp³-hybridized carbons (Fsp3) is 0.154. The van der Waals surface area contributed by atoms with Crippen LogP contribution in [0.15, 0.2) is 42.9 Å². The summed E-state index contributed by atoms with van der Waals surface area (Å²) >= 11 is 0. The van der Waals surface area contributed by atoms with E-state index in [1.165, 1.54) is 4.90 Å². The van der Waals surface area contributed by atoms with Crippen LogP contribution in [0.3, 0.4) is 0 Å². The monoisotopic (exact) mass is 227 g/mol. The van der Waals surface area contributed by atoms with Crippen LogP contribution in [-0.4, -0.2) is 34.9 Å². The summed E-state index contributed by atoms with van der Waals surface area (Å²) in [4.78, 5) is 21.4. The molecule has 2 heterocycles. The lowest BCUT2D eigenvalue weighted by atomic mass is 10.1. The largest absolute Gasteiger partial charge is 0.345 e. The van der Waals surface area contributed by atoms with Gasteiger partial charge in [-0.15, -0.1) is 0 Å². The Morgan fingerprint density at radius 2 is 1.82 bits per heavy atom. The van der Waals surface area contributed by atoms with Crippen molar-refractivity contribution in [1.82, 2.24) is 14.9 Å². The minimum Gasteiger partial charge on any atom is -0.345 e. The number of rotatable bonds is 2. The molecule has 0 radical (unpaired) electrons. The summed E-state index contributed by atoms with van der Waals surface area (Å²) in [6.45, 7) is 0. The van der Waals surface area contributed by atoms with Gasteiger partial charge in [0.1, 0.15) is 0 Å². The maximum Gasteiger partial charge on any atom is 0.254 e. The van der Waals surface area contributed by atoms with Crippen molar-refractivity contribution >= 4 is 5.91 Å². The van der Waals surface area contributed by atoms with Crippen molar-refractivity contribution < 1.29 is 4.79 Å². The molecule has 86 valence electrons. The van der Waals surface area contributed by atoms with Crippen molar-refractivity contribution in [2.75, 3.05) is 14.1 Å². The summed E-state index contributed by atoms with van der Waals surface area (Å²) in [5.74, 6) is -0.0428. The van der Waals surface area contributed by atoms with E-state index >= 15 is 0 Å². The number of carbonyl (C=O) groups is 1. The molecule has 0 saturated carbocycles. The van der Waals surface area contributed by atoms with Gasteiger partial charge in [-0.25, -0.2) is 0 Å². The fourth-order valence-electron chi connectivity index (χ4n) is 1.47. The lowest BCUT2D eigenvalue weighted by Crippen LogP contribution is -2.21. The standard InChI is InChI=1S/C13H13N3O/c1-16(2)13(17)11-3-4-12(15-9-11)10-5-7-14-8-6-10/h3-9H,1-2H3. The van der Waals surface area contributed by atoms with Gasteiger partial charge in [0.2, 0.25) is 0 Å². The van der Waals surface area contributed by atoms with Crippen molar-refractivity contribution in [3.05, 3.63) is 48.4 Å². The molecule has 1 amide bonds. The van der Waals surface area contributed by atoms with Gasteiger partial charge in [-0.3, -0.25) is 14.8 Å². The van der Waals surface area contributed by atoms with Crippen LogP contribution in [0.4, 0.5) is 0 Å². The van der Waals surface area contributed by atoms with E-state index in [9.17, 15) is 4.79 Å². The second-order valence-electron chi connectivity index (χ2n) is 3.87. The molecule has 0 aromatic carbocycles. The van der Waals surface area contributed by atoms with Crippen LogP contribution in [0.25, 0.3) is 11.3 Å². The van der Waals surface area contributed by atoms with Gasteiger partial charge in [-0.2, -0.15) is 0 Å². The molecule has 0 aliphatic heterocycles. The molecular formula is C13H13N3O. The molecule has 2 aromatic heterocycles. The van der Waals surface area contributed by atoms with E-state index in [1.54, 1.807) is 38.8 Å². The molecule has 0 N–H and O–H groups in total. The van der Waals surface area contributed by atoms with Crippen LogP contribution in [0.1, 0.15) is 10.4 Å². The normalized spacial score (nSPS) is 10.0. The van der Waals surface area contributed by atoms with E-state index in [0.717, 1.165) is 11.3 Å². The zero-order valence-corrected chi connectivity index (χ0v) is 9.79. The molecule has 17 heavy (non-hydrogen) atoms. The van der Waals surface area contributed by atoms with Crippen LogP contribution in [-0.2, 0) is 0 Å². The lowest BCUT2D eigenvalue weighted by molar-refractivity contribution is 0.0827. The highest BCUT2D eigenvalue weighted by atomic mass is 16.2. The molecule has 4 nitrogen and oxygen atoms in total. The van der Waals surface area contributed by atoms with E-state index in [0.29, 0.717) is 5.56 Å². The molecule has 0 aliphatic carbocycles. The quantitative estimate of drug-likeness (QED) is 0.786. The van der Waals surface area contributed by atoms with E-state index in [-0.39, 0.29) is 5.91 Å². The van der Waals surface area contributed by atoms with E-state index in [2.05, 4.69) is 9.97 Å². The summed E-state index contributed by atoms with van der Waals surface area (Å²) in [6.07, 6.45) is 5.03. The number of hydrogen-bond acceptors (Lipinski definition) is 3. The smallest absolute Gasteiger partial charge is 0.254 e. The maximum atomic E-state index is 11.7. The third-order valence-corrected chi connectivity index (χ3v) is 2.39. The van der Waals surface area contributed by atoms with Crippen LogP contribution in [0.2, 0.25) is 0 Å². The summed E-state index contributed by atoms with van der Waals surface area (Å²) in [5.41, 5.74) is 2.42. The van der Waals surface area contributed by atoms with Crippen molar-refractivity contribution in [3.63, 3.8) is 0 Å². The predicted octanol–water partition coefficient (Wildman–Crippen LogP) is 1.85. The molecule has 0 atom stereocenters. The molecule has 0 aliphatic rings. The second-order valence-corrected chi connectivity index (χ2v) is 3.87. The number of carbonyl (C=O) groups excluding carboxylic acids is 1. The van der Waals surface area contributed by atoms with Gasteiger partial charge in [0.05, 0.1) is 11.3 Å². The third kappa shape index (κ3) is 2.47. The molecule has 0 spiro atoms. The van der Waals surface area contributed by atoms with Gasteiger partial charge in [-0.1, -0.05) is 0 Å². The first-order valence-electron chi connectivity index (χ1n) is 5.26. The van der Waals surface area contributed by atoms with E-state index in [1.807, 2.05) is 18.2 Å². The van der Waals surface area contributed by atoms with Gasteiger partial charge in [0, 0.05) is 38.2 Å². The Balaban J connectivity index is 2.28. The number of aromatic nitrogens is 2. The van der Waals surface area contributed by atoms with Gasteiger partial charge in [0.15, 0.2) is 0 Å². The Bertz CT molecular complexity index is 506. The van der Waals surface area contributed by atoms with Crippen LogP contribution in [0.5, 0.6) is 0 Å². The molecule has 2 rings (SSSR count). The number of hydrogen-bond donors (Lipinski definition) is 0. The number of nitrogens with zero attached hydrogens (tertiary/aromatic N) is 3. The summed E-state index contributed by atoms with van der Waals surface area (Å²) in [7, 11) is 3.44. The first-order chi connectivity index (χ1) is 8.18. The van der Waals surface area contributed by atoms with Crippen LogP contribution >= 0.6 is 0 Å². The van der Waals surface area contributed by atoms with Gasteiger partial charge in [0.25, 0.3) is 5.91 Å². The lowest BCUT2D eigenvalue weighted by Gasteiger charge is -2.09. The first kappa shape index (κ1) is 11.3. The molecule has 2 aromatic rings. The topological polar surface area (TPSA) is 46.1 Å². The highest BCUT2D eigenvalue weighted by molar-refractivity contribution is 5.93. The molecule has 0 bridgehead atoms. The maximum absolute atomic E-state index is 11.7. The zero-order chi connectivity index (χ0) is 12.3. The summed E-state index contributed by atoms with van der Waals surface area (Å²) in [5, 5.41) is 0. The van der Waals surface area contributed by atoms with Crippen molar-refractivity contribution in [3.8, 4) is 11.3 Å². The van der Waals surface area contributed by atoms with E-state index < -0.39 is 0 Å². The minimum atomic E-state index is -0.0428. The molecule has 4 heteroatoms. The molecular weight excluding hydrogens is 214 g/mol. The molecule has 0 unspecified atom stereocenters. The van der Waals surface area contributed by atoms with Gasteiger partial charge < -0.3 is 4.90 Å². The average Bonchev–Trinajstić information content (AvgIpc) is 2.39. The third-order valence-electron chi connectivity index (χ3n) is 2.39. The van der Waals surface area contributed by atoms with Gasteiger partial charge in [-0.05, 0) is 24.3 Å². The highest BCUT2D eigenvalue weighted by Crippen LogP contribution is 2.15. The SMILES string of the molecule is CN(C)C(=O)c1ccc(-c2ccncc2)nc1. The Hall–Kier alpha value is -2.23. The van der Waals surface area contributed by atoms with Crippen molar-refractivity contribution in [2.45, 2.75) is 0 Å². The fourth-order valence-corrected chi connectivity index (χ4v) is 1.47. The number of pyridine rings is 2. The number of amides is 1. The summed E-state index contributed by atoms with van der Waals surface area (Å²) < 4.78 is 0. The zero-order valence-electron chi connectivity index (χ0n) is 9.79. The van der Waals surface area contributed by atoms with Crippen molar-refractivity contribution in [2.24, 2.45) is 0 Å². The van der Waals surface area contributed by atoms with Gasteiger partial charge >= 0.3 is 0 Å². The minimum absolute atomic E-state index is 0.0428.